The van der Waals surface area contributed by atoms with Crippen molar-refractivity contribution < 1.29 is 13.2 Å². The molecule has 22 heavy (non-hydrogen) atoms. The van der Waals surface area contributed by atoms with Gasteiger partial charge >= 0.3 is 0 Å². The molecule has 0 atom stereocenters. The molecule has 5 heteroatoms. The van der Waals surface area contributed by atoms with Crippen molar-refractivity contribution in [2.24, 2.45) is 0 Å². The van der Waals surface area contributed by atoms with Gasteiger partial charge in [-0.2, -0.15) is 0 Å². The monoisotopic (exact) mass is 321 g/mol. The molecule has 120 valence electrons. The van der Waals surface area contributed by atoms with E-state index in [2.05, 4.69) is 4.72 Å². The van der Waals surface area contributed by atoms with Gasteiger partial charge in [0, 0.05) is 11.6 Å². The molecular formula is C17H23NO3S. The fraction of sp³-hybridized carbons (Fsp3) is 0.529. The summed E-state index contributed by atoms with van der Waals surface area (Å²) in [5.41, 5.74) is 0.458. The van der Waals surface area contributed by atoms with Gasteiger partial charge in [-0.25, -0.2) is 13.1 Å². The van der Waals surface area contributed by atoms with Crippen LogP contribution in [0.3, 0.4) is 0 Å². The van der Waals surface area contributed by atoms with E-state index in [0.717, 1.165) is 37.0 Å². The second-order valence-corrected chi connectivity index (χ2v) is 8.41. The van der Waals surface area contributed by atoms with Gasteiger partial charge < -0.3 is 4.74 Å². The maximum atomic E-state index is 12.5. The highest BCUT2D eigenvalue weighted by Gasteiger charge is 2.25. The zero-order valence-electron chi connectivity index (χ0n) is 13.1. The zero-order chi connectivity index (χ0) is 15.8. The average Bonchev–Trinajstić information content (AvgIpc) is 2.46. The maximum Gasteiger partial charge on any atom is 0.240 e. The number of fused-ring (bicyclic) bond motifs is 1. The molecular weight excluding hydrogens is 298 g/mol. The van der Waals surface area contributed by atoms with Crippen LogP contribution < -0.4 is 9.46 Å². The van der Waals surface area contributed by atoms with Gasteiger partial charge in [0.1, 0.15) is 11.4 Å². The summed E-state index contributed by atoms with van der Waals surface area (Å²) in [7, 11) is -3.46. The molecule has 1 aromatic carbocycles. The summed E-state index contributed by atoms with van der Waals surface area (Å²) in [5, 5.41) is 0. The molecule has 1 aliphatic carbocycles. The van der Waals surface area contributed by atoms with Crippen molar-refractivity contribution in [3.05, 3.63) is 29.8 Å². The number of benzene rings is 1. The maximum absolute atomic E-state index is 12.5. The van der Waals surface area contributed by atoms with Crippen LogP contribution in [0.2, 0.25) is 0 Å². The molecule has 1 N–H and O–H groups in total. The molecule has 1 aliphatic heterocycles. The number of ether oxygens (including phenoxy) is 1. The quantitative estimate of drug-likeness (QED) is 0.927. The Hall–Kier alpha value is -1.33. The molecule has 1 fully saturated rings. The first-order valence-electron chi connectivity index (χ1n) is 7.90. The second-order valence-electron chi connectivity index (χ2n) is 6.69. The standard InChI is InChI=1S/C17H23NO3S/c1-17(2)11-10-13-12-15(8-9-16(13)21-17)22(19,20)18-14-6-4-3-5-7-14/h8-12,14,18H,3-7H2,1-2H3. The van der Waals surface area contributed by atoms with Crippen LogP contribution in [-0.4, -0.2) is 20.1 Å². The number of hydrogen-bond donors (Lipinski definition) is 1. The number of hydrogen-bond acceptors (Lipinski definition) is 3. The smallest absolute Gasteiger partial charge is 0.240 e. The molecule has 1 saturated carbocycles. The minimum atomic E-state index is -3.46. The van der Waals surface area contributed by atoms with Crippen LogP contribution in [0.1, 0.15) is 51.5 Å². The van der Waals surface area contributed by atoms with Crippen molar-refractivity contribution in [1.29, 1.82) is 0 Å². The van der Waals surface area contributed by atoms with Crippen LogP contribution in [0.4, 0.5) is 0 Å². The molecule has 0 spiro atoms. The molecule has 0 bridgehead atoms. The summed E-state index contributed by atoms with van der Waals surface area (Å²) in [4.78, 5) is 0.310. The summed E-state index contributed by atoms with van der Waals surface area (Å²) >= 11 is 0. The summed E-state index contributed by atoms with van der Waals surface area (Å²) in [6.45, 7) is 3.95. The van der Waals surface area contributed by atoms with Crippen molar-refractivity contribution in [1.82, 2.24) is 4.72 Å². The fourth-order valence-corrected chi connectivity index (χ4v) is 4.37. The van der Waals surface area contributed by atoms with E-state index in [9.17, 15) is 8.42 Å². The molecule has 4 nitrogen and oxygen atoms in total. The lowest BCUT2D eigenvalue weighted by atomic mass is 9.96. The molecule has 0 amide bonds. The summed E-state index contributed by atoms with van der Waals surface area (Å²) in [6, 6.07) is 5.13. The molecule has 2 aliphatic rings. The largest absolute Gasteiger partial charge is 0.483 e. The third kappa shape index (κ3) is 3.36. The summed E-state index contributed by atoms with van der Waals surface area (Å²) in [5.74, 6) is 0.726. The van der Waals surface area contributed by atoms with Crippen LogP contribution >= 0.6 is 0 Å². The van der Waals surface area contributed by atoms with Gasteiger partial charge in [0.15, 0.2) is 0 Å². The Labute approximate surface area is 132 Å². The van der Waals surface area contributed by atoms with Crippen LogP contribution in [0.5, 0.6) is 5.75 Å². The van der Waals surface area contributed by atoms with E-state index in [0.29, 0.717) is 4.90 Å². The Morgan fingerprint density at radius 3 is 2.64 bits per heavy atom. The summed E-state index contributed by atoms with van der Waals surface area (Å²) in [6.07, 6.45) is 9.14. The molecule has 0 aromatic heterocycles. The van der Waals surface area contributed by atoms with Crippen LogP contribution in [-0.2, 0) is 10.0 Å². The highest BCUT2D eigenvalue weighted by Crippen LogP contribution is 2.32. The number of nitrogens with one attached hydrogen (secondary N) is 1. The first-order valence-corrected chi connectivity index (χ1v) is 9.39. The first kappa shape index (κ1) is 15.6. The van der Waals surface area contributed by atoms with E-state index < -0.39 is 10.0 Å². The van der Waals surface area contributed by atoms with Crippen molar-refractivity contribution in [2.75, 3.05) is 0 Å². The molecule has 3 rings (SSSR count). The first-order chi connectivity index (χ1) is 10.4. The molecule has 0 unspecified atom stereocenters. The minimum absolute atomic E-state index is 0.0699. The van der Waals surface area contributed by atoms with Gasteiger partial charge in [-0.3, -0.25) is 0 Å². The molecule has 1 aromatic rings. The third-order valence-corrected chi connectivity index (χ3v) is 5.77. The normalized spacial score (nSPS) is 21.2. The predicted molar refractivity (Wildman–Crippen MR) is 87.4 cm³/mol. The molecule has 1 heterocycles. The zero-order valence-corrected chi connectivity index (χ0v) is 13.9. The Balaban J connectivity index is 1.83. The fourth-order valence-electron chi connectivity index (χ4n) is 3.03. The van der Waals surface area contributed by atoms with E-state index >= 15 is 0 Å². The van der Waals surface area contributed by atoms with Crippen molar-refractivity contribution in [3.63, 3.8) is 0 Å². The SMILES string of the molecule is CC1(C)C=Cc2cc(S(=O)(=O)NC3CCCCC3)ccc2O1. The van der Waals surface area contributed by atoms with Crippen molar-refractivity contribution >= 4 is 16.1 Å². The van der Waals surface area contributed by atoms with E-state index in [4.69, 9.17) is 4.74 Å². The summed E-state index contributed by atoms with van der Waals surface area (Å²) < 4.78 is 33.8. The van der Waals surface area contributed by atoms with Gasteiger partial charge in [-0.15, -0.1) is 0 Å². The van der Waals surface area contributed by atoms with E-state index in [1.54, 1.807) is 18.2 Å². The van der Waals surface area contributed by atoms with Gasteiger partial charge in [0.2, 0.25) is 10.0 Å². The van der Waals surface area contributed by atoms with Gasteiger partial charge in [-0.05, 0) is 51.0 Å². The van der Waals surface area contributed by atoms with Crippen molar-refractivity contribution in [2.45, 2.75) is 62.5 Å². The van der Waals surface area contributed by atoms with E-state index in [1.807, 2.05) is 26.0 Å². The Morgan fingerprint density at radius 1 is 1.18 bits per heavy atom. The Morgan fingerprint density at radius 2 is 1.91 bits per heavy atom. The van der Waals surface area contributed by atoms with Crippen LogP contribution in [0.25, 0.3) is 6.08 Å². The molecule has 0 saturated heterocycles. The molecule has 0 radical (unpaired) electrons. The lowest BCUT2D eigenvalue weighted by Crippen LogP contribution is -2.36. The lowest BCUT2D eigenvalue weighted by molar-refractivity contribution is 0.159. The highest BCUT2D eigenvalue weighted by molar-refractivity contribution is 7.89. The van der Waals surface area contributed by atoms with Gasteiger partial charge in [0.25, 0.3) is 0 Å². The van der Waals surface area contributed by atoms with Gasteiger partial charge in [0.05, 0.1) is 4.90 Å². The lowest BCUT2D eigenvalue weighted by Gasteiger charge is -2.28. The highest BCUT2D eigenvalue weighted by atomic mass is 32.2. The van der Waals surface area contributed by atoms with Gasteiger partial charge in [-0.1, -0.05) is 25.3 Å². The minimum Gasteiger partial charge on any atom is -0.483 e. The van der Waals surface area contributed by atoms with Crippen LogP contribution in [0, 0.1) is 0 Å². The number of rotatable bonds is 3. The van der Waals surface area contributed by atoms with E-state index in [-0.39, 0.29) is 11.6 Å². The number of sulfonamides is 1. The topological polar surface area (TPSA) is 55.4 Å². The van der Waals surface area contributed by atoms with Crippen molar-refractivity contribution in [3.8, 4) is 5.75 Å². The van der Waals surface area contributed by atoms with Crippen LogP contribution in [0.15, 0.2) is 29.2 Å². The second kappa shape index (κ2) is 5.70. The Kier molecular flexibility index (Phi) is 4.03. The third-order valence-electron chi connectivity index (χ3n) is 4.26. The Bertz CT molecular complexity index is 686. The average molecular weight is 321 g/mol. The van der Waals surface area contributed by atoms with E-state index in [1.165, 1.54) is 6.42 Å². The predicted octanol–water partition coefficient (Wildman–Crippen LogP) is 3.48.